The molecular weight excluding hydrogens is 849 g/mol. The molecule has 0 saturated heterocycles. The molecule has 0 aromatic carbocycles. The van der Waals surface area contributed by atoms with Gasteiger partial charge in [0.2, 0.25) is 0 Å². The molecule has 4 rings (SSSR count). The van der Waals surface area contributed by atoms with Gasteiger partial charge in [0.15, 0.2) is 0 Å². The minimum Gasteiger partial charge on any atom is -0.462 e. The highest BCUT2D eigenvalue weighted by Crippen LogP contribution is 2.67. The number of esters is 2. The molecule has 0 spiro atoms. The summed E-state index contributed by atoms with van der Waals surface area (Å²) in [6, 6.07) is 0. The second-order valence-electron chi connectivity index (χ2n) is 24.7. The number of rotatable bonds is 37. The summed E-state index contributed by atoms with van der Waals surface area (Å²) in [5.41, 5.74) is 4.04. The van der Waals surface area contributed by atoms with Crippen LogP contribution in [0.15, 0.2) is 23.3 Å². The van der Waals surface area contributed by atoms with Gasteiger partial charge in [0, 0.05) is 32.4 Å². The summed E-state index contributed by atoms with van der Waals surface area (Å²) in [5.74, 6) is 4.87. The maximum Gasteiger partial charge on any atom is 0.306 e. The lowest BCUT2D eigenvalue weighted by molar-refractivity contribution is -0.152. The molecule has 0 N–H and O–H groups in total. The summed E-state index contributed by atoms with van der Waals surface area (Å²) >= 11 is 0. The summed E-state index contributed by atoms with van der Waals surface area (Å²) in [5, 5.41) is 0. The van der Waals surface area contributed by atoms with Crippen LogP contribution in [0.4, 0.5) is 0 Å². The summed E-state index contributed by atoms with van der Waals surface area (Å²) in [6.45, 7) is 23.7. The van der Waals surface area contributed by atoms with E-state index in [1.165, 1.54) is 135 Å². The van der Waals surface area contributed by atoms with Crippen molar-refractivity contribution in [2.75, 3.05) is 40.3 Å². The Labute approximate surface area is 428 Å². The molecule has 3 fully saturated rings. The van der Waals surface area contributed by atoms with Crippen molar-refractivity contribution in [3.05, 3.63) is 23.3 Å². The molecule has 8 unspecified atom stereocenters. The van der Waals surface area contributed by atoms with Crippen LogP contribution in [0.1, 0.15) is 267 Å². The summed E-state index contributed by atoms with van der Waals surface area (Å²) in [6.07, 6.45) is 43.9. The molecule has 0 aliphatic heterocycles. The molecule has 400 valence electrons. The van der Waals surface area contributed by atoms with Crippen LogP contribution in [0.2, 0.25) is 0 Å². The van der Waals surface area contributed by atoms with Crippen LogP contribution in [-0.4, -0.2) is 74.2 Å². The number of hydrogen-bond donors (Lipinski definition) is 0. The van der Waals surface area contributed by atoms with Gasteiger partial charge in [0.05, 0.1) is 0 Å². The molecule has 0 heterocycles. The minimum absolute atomic E-state index is 0.0202. The zero-order valence-electron chi connectivity index (χ0n) is 47.5. The van der Waals surface area contributed by atoms with E-state index in [2.05, 4.69) is 91.4 Å². The van der Waals surface area contributed by atoms with Crippen molar-refractivity contribution in [1.82, 2.24) is 9.80 Å². The number of hydrogen-bond acceptors (Lipinski definition) is 6. The fraction of sp³-hybridized carbons (Fsp3) is 0.905. The first-order valence-corrected chi connectivity index (χ1v) is 30.4. The monoisotopic (exact) mass is 963 g/mol. The van der Waals surface area contributed by atoms with Crippen LogP contribution in [-0.2, 0) is 19.1 Å². The molecule has 8 atom stereocenters. The number of ether oxygens (including phenoxy) is 2. The van der Waals surface area contributed by atoms with E-state index in [1.807, 2.05) is 0 Å². The lowest BCUT2D eigenvalue weighted by Crippen LogP contribution is -2.51. The van der Waals surface area contributed by atoms with Crippen LogP contribution in [0.5, 0.6) is 0 Å². The summed E-state index contributed by atoms with van der Waals surface area (Å²) in [7, 11) is 4.32. The Bertz CT molecular complexity index is 1470. The van der Waals surface area contributed by atoms with Crippen molar-refractivity contribution < 1.29 is 19.1 Å². The first-order chi connectivity index (χ1) is 33.2. The topological polar surface area (TPSA) is 59.1 Å². The van der Waals surface area contributed by atoms with Crippen molar-refractivity contribution in [1.29, 1.82) is 0 Å². The second kappa shape index (κ2) is 32.5. The van der Waals surface area contributed by atoms with Crippen LogP contribution in [0.25, 0.3) is 0 Å². The van der Waals surface area contributed by atoms with Gasteiger partial charge in [0.1, 0.15) is 12.2 Å². The third kappa shape index (κ3) is 19.9. The lowest BCUT2D eigenvalue weighted by Gasteiger charge is -2.58. The zero-order valence-corrected chi connectivity index (χ0v) is 47.5. The van der Waals surface area contributed by atoms with Crippen molar-refractivity contribution in [3.63, 3.8) is 0 Å². The number of carbonyl (C=O) groups is 2. The van der Waals surface area contributed by atoms with E-state index in [4.69, 9.17) is 9.47 Å². The van der Waals surface area contributed by atoms with Gasteiger partial charge in [-0.3, -0.25) is 9.59 Å². The largest absolute Gasteiger partial charge is 0.462 e. The Morgan fingerprint density at radius 3 is 1.88 bits per heavy atom. The number of unbranched alkanes of at least 4 members (excludes halogenated alkanes) is 15. The molecule has 4 aliphatic carbocycles. The third-order valence-electron chi connectivity index (χ3n) is 19.0. The molecule has 6 nitrogen and oxygen atoms in total. The van der Waals surface area contributed by atoms with E-state index < -0.39 is 0 Å². The molecule has 3 saturated carbocycles. The van der Waals surface area contributed by atoms with Crippen LogP contribution >= 0.6 is 0 Å². The Morgan fingerprint density at radius 2 is 1.26 bits per heavy atom. The van der Waals surface area contributed by atoms with E-state index >= 15 is 0 Å². The number of nitrogens with zero attached hydrogens (tertiary/aromatic N) is 2. The highest BCUT2D eigenvalue weighted by atomic mass is 16.5. The van der Waals surface area contributed by atoms with Gasteiger partial charge in [-0.1, -0.05) is 155 Å². The molecule has 0 radical (unpaired) electrons. The van der Waals surface area contributed by atoms with Gasteiger partial charge in [-0.25, -0.2) is 0 Å². The first-order valence-electron chi connectivity index (χ1n) is 30.4. The molecular formula is C63H114N2O4. The quantitative estimate of drug-likeness (QED) is 0.0351. The SMILES string of the molecule is C/C=C(\CCC(C)C1CCC2C3CC=C4CC(OC(=O)CCCCCN(CCCCCCC(=O)OC(CCCCCCCC)CCCCCCCC)CCN(C)C)CCC4(C)C3CCC12C)C(C)C. The Morgan fingerprint density at radius 1 is 0.667 bits per heavy atom. The number of allylic oxidation sites excluding steroid dienone is 3. The second-order valence-corrected chi connectivity index (χ2v) is 24.7. The standard InChI is InChI=1S/C63H114N2O4/c1-11-14-16-18-20-25-31-54(32-26-21-19-17-15-12-2)68-60(66)33-27-22-23-29-45-65(48-47-64(9)10)46-30-24-28-34-61(67)69-55-41-43-62(7)53(49-55)37-38-56-58-40-39-57(63(58,8)44-42-59(56)62)51(6)35-36-52(13-3)50(4)5/h13,37,50-51,54-59H,11-12,14-36,38-49H2,1-10H3/b52-13+. The number of fused-ring (bicyclic) bond motifs is 5. The van der Waals surface area contributed by atoms with Gasteiger partial charge < -0.3 is 19.3 Å². The van der Waals surface area contributed by atoms with Crippen LogP contribution in [0, 0.1) is 46.3 Å². The predicted molar refractivity (Wildman–Crippen MR) is 294 cm³/mol. The first kappa shape index (κ1) is 59.9. The molecule has 69 heavy (non-hydrogen) atoms. The third-order valence-corrected chi connectivity index (χ3v) is 19.0. The van der Waals surface area contributed by atoms with Gasteiger partial charge in [-0.05, 0) is 190 Å². The number of likely N-dealkylation sites (N-methyl/N-ethyl adjacent to an activating group) is 1. The van der Waals surface area contributed by atoms with E-state index in [0.29, 0.717) is 24.2 Å². The molecule has 6 heteroatoms. The average molecular weight is 964 g/mol. The maximum absolute atomic E-state index is 13.2. The van der Waals surface area contributed by atoms with E-state index in [9.17, 15) is 9.59 Å². The van der Waals surface area contributed by atoms with Crippen molar-refractivity contribution >= 4 is 11.9 Å². The van der Waals surface area contributed by atoms with Crippen molar-refractivity contribution in [3.8, 4) is 0 Å². The van der Waals surface area contributed by atoms with Gasteiger partial charge in [-0.2, -0.15) is 0 Å². The minimum atomic E-state index is 0.0202. The molecule has 0 aromatic heterocycles. The molecule has 0 bridgehead atoms. The fourth-order valence-corrected chi connectivity index (χ4v) is 14.5. The van der Waals surface area contributed by atoms with Crippen molar-refractivity contribution in [2.45, 2.75) is 279 Å². The predicted octanol–water partition coefficient (Wildman–Crippen LogP) is 17.3. The highest BCUT2D eigenvalue weighted by Gasteiger charge is 2.59. The van der Waals surface area contributed by atoms with E-state index in [-0.39, 0.29) is 29.6 Å². The average Bonchev–Trinajstić information content (AvgIpc) is 3.68. The van der Waals surface area contributed by atoms with Gasteiger partial charge in [0.25, 0.3) is 0 Å². The van der Waals surface area contributed by atoms with Crippen LogP contribution in [0.3, 0.4) is 0 Å². The molecule has 4 aliphatic rings. The summed E-state index contributed by atoms with van der Waals surface area (Å²) in [4.78, 5) is 31.1. The summed E-state index contributed by atoms with van der Waals surface area (Å²) < 4.78 is 12.4. The van der Waals surface area contributed by atoms with Gasteiger partial charge >= 0.3 is 11.9 Å². The maximum atomic E-state index is 13.2. The van der Waals surface area contributed by atoms with Crippen molar-refractivity contribution in [2.24, 2.45) is 46.3 Å². The fourth-order valence-electron chi connectivity index (χ4n) is 14.5. The highest BCUT2D eigenvalue weighted by molar-refractivity contribution is 5.69. The van der Waals surface area contributed by atoms with E-state index in [1.54, 1.807) is 11.1 Å². The zero-order chi connectivity index (χ0) is 50.1. The normalized spacial score (nSPS) is 26.3. The lowest BCUT2D eigenvalue weighted by atomic mass is 9.47. The Kier molecular flexibility index (Phi) is 28.2. The Hall–Kier alpha value is -1.66. The van der Waals surface area contributed by atoms with E-state index in [0.717, 1.165) is 120 Å². The molecule has 0 aromatic rings. The number of carbonyl (C=O) groups excluding carboxylic acids is 2. The van der Waals surface area contributed by atoms with Gasteiger partial charge in [-0.15, -0.1) is 0 Å². The molecule has 0 amide bonds. The van der Waals surface area contributed by atoms with Crippen LogP contribution < -0.4 is 0 Å². The Balaban J connectivity index is 1.11. The smallest absolute Gasteiger partial charge is 0.306 e.